The molecule has 7 heteroatoms. The van der Waals surface area contributed by atoms with Gasteiger partial charge in [-0.1, -0.05) is 11.6 Å². The van der Waals surface area contributed by atoms with Gasteiger partial charge in [0.25, 0.3) is 5.91 Å². The van der Waals surface area contributed by atoms with Crippen molar-refractivity contribution in [2.45, 2.75) is 18.9 Å². The summed E-state index contributed by atoms with van der Waals surface area (Å²) in [4.78, 5) is 22.9. The van der Waals surface area contributed by atoms with Crippen LogP contribution in [-0.2, 0) is 9.53 Å². The van der Waals surface area contributed by atoms with Crippen LogP contribution in [0.3, 0.4) is 0 Å². The molecule has 0 saturated heterocycles. The zero-order valence-corrected chi connectivity index (χ0v) is 11.6. The van der Waals surface area contributed by atoms with Crippen molar-refractivity contribution in [2.24, 2.45) is 0 Å². The van der Waals surface area contributed by atoms with Crippen molar-refractivity contribution in [1.29, 1.82) is 0 Å². The number of rotatable bonds is 7. The number of nitrogens with one attached hydrogen (secondary N) is 1. The van der Waals surface area contributed by atoms with E-state index in [0.29, 0.717) is 13.0 Å². The fourth-order valence-electron chi connectivity index (χ4n) is 1.60. The van der Waals surface area contributed by atoms with Crippen molar-refractivity contribution in [3.05, 3.63) is 34.6 Å². The van der Waals surface area contributed by atoms with Gasteiger partial charge in [0.05, 0.1) is 5.56 Å². The smallest absolute Gasteiger partial charge is 0.326 e. The van der Waals surface area contributed by atoms with Crippen molar-refractivity contribution in [2.75, 3.05) is 13.7 Å². The molecule has 0 aliphatic carbocycles. The second kappa shape index (κ2) is 7.81. The van der Waals surface area contributed by atoms with Gasteiger partial charge in [-0.2, -0.15) is 0 Å². The van der Waals surface area contributed by atoms with Gasteiger partial charge in [0.15, 0.2) is 0 Å². The minimum Gasteiger partial charge on any atom is -0.480 e. The summed E-state index contributed by atoms with van der Waals surface area (Å²) in [7, 11) is 1.50. The standard InChI is InChI=1S/C13H15ClFNO4/c1-20-6-2-3-11(13(18)19)16-12(17)9-7-8(14)4-5-10(9)15/h4-5,7,11H,2-3,6H2,1H3,(H,16,17)(H,18,19). The summed E-state index contributed by atoms with van der Waals surface area (Å²) in [6.07, 6.45) is 0.656. The third-order valence-electron chi connectivity index (χ3n) is 2.62. The van der Waals surface area contributed by atoms with E-state index in [9.17, 15) is 14.0 Å². The Kier molecular flexibility index (Phi) is 6.41. The maximum absolute atomic E-state index is 13.5. The summed E-state index contributed by atoms with van der Waals surface area (Å²) < 4.78 is 18.3. The van der Waals surface area contributed by atoms with Crippen LogP contribution in [0.5, 0.6) is 0 Å². The molecule has 1 atom stereocenters. The van der Waals surface area contributed by atoms with Crippen molar-refractivity contribution < 1.29 is 23.8 Å². The second-order valence-corrected chi connectivity index (χ2v) is 4.56. The normalized spacial score (nSPS) is 11.9. The van der Waals surface area contributed by atoms with E-state index in [1.165, 1.54) is 13.2 Å². The highest BCUT2D eigenvalue weighted by atomic mass is 35.5. The summed E-state index contributed by atoms with van der Waals surface area (Å²) in [6, 6.07) is 2.41. The van der Waals surface area contributed by atoms with E-state index < -0.39 is 23.7 Å². The van der Waals surface area contributed by atoms with Gasteiger partial charge in [0.2, 0.25) is 0 Å². The third-order valence-corrected chi connectivity index (χ3v) is 2.85. The number of carbonyl (C=O) groups excluding carboxylic acids is 1. The molecule has 1 unspecified atom stereocenters. The average Bonchev–Trinajstić information content (AvgIpc) is 2.40. The van der Waals surface area contributed by atoms with E-state index in [0.717, 1.165) is 12.1 Å². The van der Waals surface area contributed by atoms with Crippen molar-refractivity contribution >= 4 is 23.5 Å². The maximum atomic E-state index is 13.5. The molecule has 0 heterocycles. The first-order chi connectivity index (χ1) is 9.45. The Morgan fingerprint density at radius 1 is 1.50 bits per heavy atom. The number of hydrogen-bond donors (Lipinski definition) is 2. The molecule has 20 heavy (non-hydrogen) atoms. The molecule has 0 saturated carbocycles. The largest absolute Gasteiger partial charge is 0.480 e. The number of hydrogen-bond acceptors (Lipinski definition) is 3. The van der Waals surface area contributed by atoms with Crippen molar-refractivity contribution in [1.82, 2.24) is 5.32 Å². The zero-order chi connectivity index (χ0) is 15.1. The van der Waals surface area contributed by atoms with Crippen LogP contribution in [-0.4, -0.2) is 36.7 Å². The van der Waals surface area contributed by atoms with Crippen LogP contribution in [0, 0.1) is 5.82 Å². The number of ether oxygens (including phenoxy) is 1. The Morgan fingerprint density at radius 3 is 2.80 bits per heavy atom. The van der Waals surface area contributed by atoms with Gasteiger partial charge in [-0.05, 0) is 31.0 Å². The highest BCUT2D eigenvalue weighted by Gasteiger charge is 2.22. The van der Waals surface area contributed by atoms with Crippen LogP contribution in [0.4, 0.5) is 4.39 Å². The number of carbonyl (C=O) groups is 2. The van der Waals surface area contributed by atoms with E-state index in [-0.39, 0.29) is 17.0 Å². The Labute approximate surface area is 120 Å². The minimum atomic E-state index is -1.18. The number of halogens is 2. The van der Waals surface area contributed by atoms with E-state index in [2.05, 4.69) is 5.32 Å². The first-order valence-electron chi connectivity index (χ1n) is 5.93. The number of aliphatic carboxylic acids is 1. The fourth-order valence-corrected chi connectivity index (χ4v) is 1.77. The van der Waals surface area contributed by atoms with Gasteiger partial charge in [-0.15, -0.1) is 0 Å². The second-order valence-electron chi connectivity index (χ2n) is 4.12. The van der Waals surface area contributed by atoms with Gasteiger partial charge in [0, 0.05) is 18.7 Å². The van der Waals surface area contributed by atoms with Crippen LogP contribution in [0.15, 0.2) is 18.2 Å². The number of carboxylic acid groups (broad SMARTS) is 1. The topological polar surface area (TPSA) is 75.6 Å². The molecule has 0 aromatic heterocycles. The highest BCUT2D eigenvalue weighted by Crippen LogP contribution is 2.15. The molecule has 0 aliphatic rings. The summed E-state index contributed by atoms with van der Waals surface area (Å²) >= 11 is 5.68. The molecule has 1 aromatic carbocycles. The van der Waals surface area contributed by atoms with Gasteiger partial charge in [0.1, 0.15) is 11.9 Å². The molecule has 110 valence electrons. The average molecular weight is 304 g/mol. The summed E-state index contributed by atoms with van der Waals surface area (Å²) in [5.74, 6) is -2.75. The molecule has 1 aromatic rings. The summed E-state index contributed by atoms with van der Waals surface area (Å²) in [6.45, 7) is 0.380. The fraction of sp³-hybridized carbons (Fsp3) is 0.385. The summed E-state index contributed by atoms with van der Waals surface area (Å²) in [5, 5.41) is 11.5. The Morgan fingerprint density at radius 2 is 2.20 bits per heavy atom. The van der Waals surface area contributed by atoms with Crippen LogP contribution in [0.1, 0.15) is 23.2 Å². The number of benzene rings is 1. The lowest BCUT2D eigenvalue weighted by molar-refractivity contribution is -0.139. The molecule has 0 spiro atoms. The van der Waals surface area contributed by atoms with Crippen LogP contribution in [0.2, 0.25) is 5.02 Å². The van der Waals surface area contributed by atoms with E-state index in [4.69, 9.17) is 21.4 Å². The molecule has 0 bridgehead atoms. The van der Waals surface area contributed by atoms with Gasteiger partial charge in [-0.25, -0.2) is 9.18 Å². The number of carboxylic acids is 1. The molecule has 0 radical (unpaired) electrons. The summed E-state index contributed by atoms with van der Waals surface area (Å²) in [5.41, 5.74) is -0.282. The van der Waals surface area contributed by atoms with Gasteiger partial charge >= 0.3 is 5.97 Å². The maximum Gasteiger partial charge on any atom is 0.326 e. The van der Waals surface area contributed by atoms with Crippen LogP contribution in [0.25, 0.3) is 0 Å². The van der Waals surface area contributed by atoms with E-state index in [1.54, 1.807) is 0 Å². The van der Waals surface area contributed by atoms with Crippen LogP contribution >= 0.6 is 11.6 Å². The molecule has 1 amide bonds. The molecule has 0 fully saturated rings. The molecule has 2 N–H and O–H groups in total. The quantitative estimate of drug-likeness (QED) is 0.756. The van der Waals surface area contributed by atoms with Crippen molar-refractivity contribution in [3.8, 4) is 0 Å². The monoisotopic (exact) mass is 303 g/mol. The Bertz CT molecular complexity index is 495. The molecule has 1 rings (SSSR count). The third kappa shape index (κ3) is 4.79. The Balaban J connectivity index is 2.75. The molecular weight excluding hydrogens is 289 g/mol. The number of methoxy groups -OCH3 is 1. The van der Waals surface area contributed by atoms with Gasteiger partial charge < -0.3 is 15.2 Å². The predicted molar refractivity (Wildman–Crippen MR) is 71.4 cm³/mol. The molecule has 5 nitrogen and oxygen atoms in total. The lowest BCUT2D eigenvalue weighted by Gasteiger charge is -2.14. The van der Waals surface area contributed by atoms with Crippen LogP contribution < -0.4 is 5.32 Å². The number of amides is 1. The predicted octanol–water partition coefficient (Wildman–Crippen LogP) is 2.09. The van der Waals surface area contributed by atoms with E-state index in [1.807, 2.05) is 0 Å². The minimum absolute atomic E-state index is 0.192. The Hall–Kier alpha value is -1.66. The SMILES string of the molecule is COCCCC(NC(=O)c1cc(Cl)ccc1F)C(=O)O. The lowest BCUT2D eigenvalue weighted by Crippen LogP contribution is -2.41. The first-order valence-corrected chi connectivity index (χ1v) is 6.31. The zero-order valence-electron chi connectivity index (χ0n) is 10.9. The lowest BCUT2D eigenvalue weighted by atomic mass is 10.1. The molecule has 0 aliphatic heterocycles. The highest BCUT2D eigenvalue weighted by molar-refractivity contribution is 6.31. The first kappa shape index (κ1) is 16.4. The van der Waals surface area contributed by atoms with E-state index >= 15 is 0 Å². The van der Waals surface area contributed by atoms with Gasteiger partial charge in [-0.3, -0.25) is 4.79 Å². The van der Waals surface area contributed by atoms with Crippen molar-refractivity contribution in [3.63, 3.8) is 0 Å². The molecular formula is C13H15ClFNO4.